The van der Waals surface area contributed by atoms with Crippen molar-refractivity contribution < 1.29 is 49.3 Å². The molecular formula is C30H53N13O10. The van der Waals surface area contributed by atoms with Gasteiger partial charge < -0.3 is 90.1 Å². The molecule has 2 saturated heterocycles. The van der Waals surface area contributed by atoms with E-state index in [2.05, 4.69) is 30.9 Å². The largest absolute Gasteiger partial charge is 0.390 e. The lowest BCUT2D eigenvalue weighted by atomic mass is 9.82. The normalized spacial score (nSPS) is 36.7. The minimum Gasteiger partial charge on any atom is -0.390 e. The number of imidazole rings is 1. The Hall–Kier alpha value is -3.27. The van der Waals surface area contributed by atoms with Crippen LogP contribution < -0.4 is 50.4 Å². The molecule has 0 spiro atoms. The Morgan fingerprint density at radius 2 is 1.70 bits per heavy atom. The van der Waals surface area contributed by atoms with Gasteiger partial charge in [0.1, 0.15) is 48.4 Å². The first-order valence-corrected chi connectivity index (χ1v) is 17.6. The minimum atomic E-state index is -1.66. The second-order valence-electron chi connectivity index (χ2n) is 13.6. The van der Waals surface area contributed by atoms with Gasteiger partial charge in [0.15, 0.2) is 30.1 Å². The first kappa shape index (κ1) is 40.9. The average molecular weight is 756 g/mol. The molecule has 23 heteroatoms. The van der Waals surface area contributed by atoms with Crippen LogP contribution in [0.4, 0.5) is 5.82 Å². The molecule has 5 rings (SSSR count). The summed E-state index contributed by atoms with van der Waals surface area (Å²) in [6, 6.07) is -4.48. The predicted molar refractivity (Wildman–Crippen MR) is 184 cm³/mol. The van der Waals surface area contributed by atoms with Gasteiger partial charge in [-0.1, -0.05) is 0 Å². The number of aromatic nitrogens is 4. The number of carbonyl (C=O) groups is 2. The SMILES string of the molecule is NCCCC[C@H](NC(=O)[C@H]1O[C@@H](n2cnc3c(N)ncnc32)[C@H](O)[C@@H]1O)C(=O)NCCN[C@H]1[C@@H](O)[C@H](N)C[C@H](N)[C@H]1O[C@H]1O[C@H](CN)[C@@H](O)[C@H](O)[C@H]1N. The van der Waals surface area contributed by atoms with Crippen LogP contribution in [0.3, 0.4) is 0 Å². The standard InChI is InChI=1S/C30H53N13O10/c31-4-2-1-3-13(42-28(50)24-21(47)22(48)29(52-24)43-10-41-17-25(36)39-9-40-26(17)43)27(49)38-6-5-37-16-18(44)11(33)7-12(34)23(16)53-30-15(35)20(46)19(45)14(8-32)51-30/h9-16,18-24,29-30,37,44-48H,1-8,31-35H2,(H,38,49)(H,42,50)(H2,36,39,40)/t11-,12+,13+,14-,15-,16+,18+,19-,20-,21+,22-,23-,24+,29-,30-/m1/s1. The van der Waals surface area contributed by atoms with Gasteiger partial charge >= 0.3 is 0 Å². The number of fused-ring (bicyclic) bond motifs is 1. The summed E-state index contributed by atoms with van der Waals surface area (Å²) >= 11 is 0. The highest BCUT2D eigenvalue weighted by atomic mass is 16.7. The molecule has 4 heterocycles. The molecule has 298 valence electrons. The van der Waals surface area contributed by atoms with E-state index in [0.29, 0.717) is 19.4 Å². The molecule has 0 bridgehead atoms. The molecule has 53 heavy (non-hydrogen) atoms. The Balaban J connectivity index is 1.19. The second-order valence-corrected chi connectivity index (χ2v) is 13.6. The van der Waals surface area contributed by atoms with Crippen molar-refractivity contribution in [1.82, 2.24) is 35.5 Å². The molecule has 2 aliphatic heterocycles. The van der Waals surface area contributed by atoms with Crippen molar-refractivity contribution in [3.63, 3.8) is 0 Å². The molecule has 3 aliphatic rings. The van der Waals surface area contributed by atoms with Crippen molar-refractivity contribution in [2.24, 2.45) is 28.7 Å². The average Bonchev–Trinajstić information content (AvgIpc) is 3.70. The highest BCUT2D eigenvalue weighted by Crippen LogP contribution is 2.32. The summed E-state index contributed by atoms with van der Waals surface area (Å²) in [5.41, 5.74) is 36.3. The number of hydrogen-bond donors (Lipinski definition) is 14. The summed E-state index contributed by atoms with van der Waals surface area (Å²) in [7, 11) is 0. The van der Waals surface area contributed by atoms with Crippen molar-refractivity contribution in [2.75, 3.05) is 31.9 Å². The molecule has 2 aromatic heterocycles. The van der Waals surface area contributed by atoms with Gasteiger partial charge in [-0.25, -0.2) is 15.0 Å². The lowest BCUT2D eigenvalue weighted by molar-refractivity contribution is -0.279. The van der Waals surface area contributed by atoms with Gasteiger partial charge in [-0.3, -0.25) is 14.2 Å². The third kappa shape index (κ3) is 8.84. The summed E-state index contributed by atoms with van der Waals surface area (Å²) in [4.78, 5) is 38.9. The number of nitrogens with one attached hydrogen (secondary N) is 3. The summed E-state index contributed by atoms with van der Waals surface area (Å²) in [5.74, 6) is -1.30. The number of carbonyl (C=O) groups excluding carboxylic acids is 2. The van der Waals surface area contributed by atoms with Crippen LogP contribution in [0.1, 0.15) is 31.9 Å². The lowest BCUT2D eigenvalue weighted by Crippen LogP contribution is -2.70. The van der Waals surface area contributed by atoms with Crippen molar-refractivity contribution in [3.8, 4) is 0 Å². The molecule has 0 aromatic carbocycles. The van der Waals surface area contributed by atoms with Crippen LogP contribution in [0, 0.1) is 0 Å². The van der Waals surface area contributed by atoms with Crippen LogP contribution in [-0.4, -0.2) is 168 Å². The van der Waals surface area contributed by atoms with Gasteiger partial charge in [-0.2, -0.15) is 0 Å². The van der Waals surface area contributed by atoms with Gasteiger partial charge in [0, 0.05) is 31.7 Å². The van der Waals surface area contributed by atoms with Crippen LogP contribution in [-0.2, 0) is 23.8 Å². The number of aliphatic hydroxyl groups excluding tert-OH is 5. The Kier molecular flexibility index (Phi) is 13.8. The van der Waals surface area contributed by atoms with Gasteiger partial charge in [-0.15, -0.1) is 0 Å². The third-order valence-electron chi connectivity index (χ3n) is 9.94. The molecular weight excluding hydrogens is 702 g/mol. The van der Waals surface area contributed by atoms with E-state index in [1.165, 1.54) is 17.2 Å². The second kappa shape index (κ2) is 17.9. The van der Waals surface area contributed by atoms with Gasteiger partial charge in [-0.05, 0) is 32.2 Å². The first-order chi connectivity index (χ1) is 25.3. The molecule has 2 aromatic rings. The zero-order valence-electron chi connectivity index (χ0n) is 29.0. The maximum atomic E-state index is 13.4. The summed E-state index contributed by atoms with van der Waals surface area (Å²) < 4.78 is 18.9. The van der Waals surface area contributed by atoms with Crippen LogP contribution in [0.2, 0.25) is 0 Å². The number of nitrogens with two attached hydrogens (primary N) is 6. The van der Waals surface area contributed by atoms with E-state index >= 15 is 0 Å². The van der Waals surface area contributed by atoms with Gasteiger partial charge in [0.2, 0.25) is 5.91 Å². The number of unbranched alkanes of at least 4 members (excludes halogenated alkanes) is 1. The summed E-state index contributed by atoms with van der Waals surface area (Å²) in [6.45, 7) is 0.351. The van der Waals surface area contributed by atoms with Crippen molar-refractivity contribution in [2.45, 2.75) is 117 Å². The molecule has 1 aliphatic carbocycles. The van der Waals surface area contributed by atoms with Crippen LogP contribution in [0.15, 0.2) is 12.7 Å². The quantitative estimate of drug-likeness (QED) is 0.0750. The van der Waals surface area contributed by atoms with Crippen LogP contribution >= 0.6 is 0 Å². The number of ether oxygens (including phenoxy) is 3. The highest BCUT2D eigenvalue weighted by Gasteiger charge is 2.50. The third-order valence-corrected chi connectivity index (χ3v) is 9.94. The van der Waals surface area contributed by atoms with Crippen LogP contribution in [0.25, 0.3) is 11.2 Å². The predicted octanol–water partition coefficient (Wildman–Crippen LogP) is -7.75. The first-order valence-electron chi connectivity index (χ1n) is 17.6. The van der Waals surface area contributed by atoms with E-state index in [1.54, 1.807) is 0 Å². The molecule has 3 fully saturated rings. The zero-order valence-corrected chi connectivity index (χ0v) is 29.0. The van der Waals surface area contributed by atoms with Crippen molar-refractivity contribution in [3.05, 3.63) is 12.7 Å². The monoisotopic (exact) mass is 755 g/mol. The lowest BCUT2D eigenvalue weighted by Gasteiger charge is -2.47. The minimum absolute atomic E-state index is 0.0180. The maximum absolute atomic E-state index is 13.4. The van der Waals surface area contributed by atoms with E-state index in [0.717, 1.165) is 0 Å². The molecule has 1 saturated carbocycles. The Morgan fingerprint density at radius 3 is 2.42 bits per heavy atom. The summed E-state index contributed by atoms with van der Waals surface area (Å²) in [5, 5.41) is 61.7. The molecule has 15 atom stereocenters. The fourth-order valence-corrected chi connectivity index (χ4v) is 6.89. The van der Waals surface area contributed by atoms with Crippen molar-refractivity contribution in [1.29, 1.82) is 0 Å². The smallest absolute Gasteiger partial charge is 0.252 e. The van der Waals surface area contributed by atoms with Crippen LogP contribution in [0.5, 0.6) is 0 Å². The van der Waals surface area contributed by atoms with E-state index in [-0.39, 0.29) is 49.5 Å². The Bertz CT molecular complexity index is 1520. The van der Waals surface area contributed by atoms with E-state index in [4.69, 9.17) is 48.6 Å². The molecule has 20 N–H and O–H groups in total. The topological polar surface area (TPSA) is 399 Å². The fourth-order valence-electron chi connectivity index (χ4n) is 6.89. The fraction of sp³-hybridized carbons (Fsp3) is 0.767. The number of anilines is 1. The number of amides is 2. The maximum Gasteiger partial charge on any atom is 0.252 e. The van der Waals surface area contributed by atoms with E-state index in [9.17, 15) is 35.1 Å². The van der Waals surface area contributed by atoms with Crippen molar-refractivity contribution >= 4 is 28.8 Å². The Labute approximate surface area is 304 Å². The summed E-state index contributed by atoms with van der Waals surface area (Å²) in [6.07, 6.45) is -9.02. The number of nitrogen functional groups attached to an aromatic ring is 1. The molecule has 0 radical (unpaired) electrons. The highest BCUT2D eigenvalue weighted by molar-refractivity contribution is 5.90. The molecule has 2 amide bonds. The number of nitrogens with zero attached hydrogens (tertiary/aromatic N) is 4. The van der Waals surface area contributed by atoms with Gasteiger partial charge in [0.05, 0.1) is 30.6 Å². The van der Waals surface area contributed by atoms with E-state index in [1.807, 2.05) is 0 Å². The Morgan fingerprint density at radius 1 is 0.943 bits per heavy atom. The number of rotatable bonds is 15. The van der Waals surface area contributed by atoms with Gasteiger partial charge in [0.25, 0.3) is 5.91 Å². The number of hydrogen-bond acceptors (Lipinski definition) is 20. The molecule has 23 nitrogen and oxygen atoms in total. The molecule has 0 unspecified atom stereocenters. The number of aliphatic hydroxyl groups is 5. The zero-order chi connectivity index (χ0) is 38.6. The van der Waals surface area contributed by atoms with E-state index < -0.39 is 103 Å².